The summed E-state index contributed by atoms with van der Waals surface area (Å²) in [6, 6.07) is 2.66. The Morgan fingerprint density at radius 1 is 1.19 bits per heavy atom. The van der Waals surface area contributed by atoms with E-state index in [1.54, 1.807) is 20.8 Å². The van der Waals surface area contributed by atoms with E-state index >= 15 is 0 Å². The predicted molar refractivity (Wildman–Crippen MR) is 79.2 cm³/mol. The number of ether oxygens (including phenoxy) is 2. The highest BCUT2D eigenvalue weighted by Gasteiger charge is 2.35. The zero-order valence-corrected chi connectivity index (χ0v) is 13.6. The van der Waals surface area contributed by atoms with Crippen molar-refractivity contribution < 1.29 is 24.2 Å². The van der Waals surface area contributed by atoms with E-state index in [-0.39, 0.29) is 21.4 Å². The van der Waals surface area contributed by atoms with Gasteiger partial charge in [-0.3, -0.25) is 9.59 Å². The van der Waals surface area contributed by atoms with Crippen molar-refractivity contribution in [2.24, 2.45) is 0 Å². The first-order valence-electron chi connectivity index (χ1n) is 6.05. The molecule has 0 saturated carbocycles. The fourth-order valence-corrected chi connectivity index (χ4v) is 2.21. The van der Waals surface area contributed by atoms with E-state index in [1.165, 1.54) is 19.2 Å². The summed E-state index contributed by atoms with van der Waals surface area (Å²) in [7, 11) is 1.38. The number of halogens is 2. The van der Waals surface area contributed by atoms with Crippen molar-refractivity contribution in [2.45, 2.75) is 32.3 Å². The van der Waals surface area contributed by atoms with Gasteiger partial charge in [-0.25, -0.2) is 0 Å². The number of carboxylic acid groups (broad SMARTS) is 1. The number of carbonyl (C=O) groups is 2. The van der Waals surface area contributed by atoms with Crippen LogP contribution in [0.5, 0.6) is 5.75 Å². The van der Waals surface area contributed by atoms with E-state index in [9.17, 15) is 14.7 Å². The van der Waals surface area contributed by atoms with Gasteiger partial charge in [-0.05, 0) is 38.5 Å². The molecular weight excluding hydrogens is 319 g/mol. The lowest BCUT2D eigenvalue weighted by atomic mass is 9.98. The van der Waals surface area contributed by atoms with Gasteiger partial charge in [0.05, 0.1) is 12.1 Å². The lowest BCUT2D eigenvalue weighted by Gasteiger charge is -2.23. The first-order chi connectivity index (χ1) is 9.56. The molecule has 1 atom stereocenters. The van der Waals surface area contributed by atoms with Crippen LogP contribution in [0.15, 0.2) is 12.1 Å². The maximum absolute atomic E-state index is 12.1. The lowest BCUT2D eigenvalue weighted by Crippen LogP contribution is -2.31. The van der Waals surface area contributed by atoms with Gasteiger partial charge in [0.15, 0.2) is 5.92 Å². The molecule has 0 radical (unpaired) electrons. The summed E-state index contributed by atoms with van der Waals surface area (Å²) in [4.78, 5) is 23.5. The molecule has 1 aromatic rings. The van der Waals surface area contributed by atoms with Crippen LogP contribution in [0.25, 0.3) is 0 Å². The van der Waals surface area contributed by atoms with Crippen molar-refractivity contribution in [1.29, 1.82) is 0 Å². The molecule has 1 rings (SSSR count). The van der Waals surface area contributed by atoms with Crippen LogP contribution in [0.1, 0.15) is 32.3 Å². The Hall–Kier alpha value is -1.46. The van der Waals surface area contributed by atoms with Gasteiger partial charge in [0.2, 0.25) is 0 Å². The molecule has 116 valence electrons. The molecule has 0 aliphatic rings. The molecule has 0 aliphatic heterocycles. The van der Waals surface area contributed by atoms with Gasteiger partial charge in [-0.15, -0.1) is 0 Å². The van der Waals surface area contributed by atoms with Crippen LogP contribution in [0, 0.1) is 0 Å². The second-order valence-electron chi connectivity index (χ2n) is 5.31. The average molecular weight is 335 g/mol. The van der Waals surface area contributed by atoms with E-state index in [2.05, 4.69) is 0 Å². The molecule has 1 N–H and O–H groups in total. The summed E-state index contributed by atoms with van der Waals surface area (Å²) in [6.45, 7) is 4.94. The van der Waals surface area contributed by atoms with Crippen molar-refractivity contribution in [3.63, 3.8) is 0 Å². The third-order valence-electron chi connectivity index (χ3n) is 2.47. The van der Waals surface area contributed by atoms with Crippen LogP contribution >= 0.6 is 23.2 Å². The SMILES string of the molecule is COc1cc(C(C(=O)O)C(=O)OC(C)(C)C)c(Cl)cc1Cl. The van der Waals surface area contributed by atoms with E-state index in [1.807, 2.05) is 0 Å². The minimum atomic E-state index is -1.55. The molecule has 0 spiro atoms. The Morgan fingerprint density at radius 3 is 2.19 bits per heavy atom. The summed E-state index contributed by atoms with van der Waals surface area (Å²) in [5, 5.41) is 9.59. The van der Waals surface area contributed by atoms with Crippen molar-refractivity contribution >= 4 is 35.1 Å². The zero-order chi connectivity index (χ0) is 16.4. The number of methoxy groups -OCH3 is 1. The second-order valence-corrected chi connectivity index (χ2v) is 6.13. The molecular formula is C14H16Cl2O5. The van der Waals surface area contributed by atoms with E-state index in [0.717, 1.165) is 0 Å². The molecule has 7 heteroatoms. The number of aliphatic carboxylic acids is 1. The fraction of sp³-hybridized carbons (Fsp3) is 0.429. The van der Waals surface area contributed by atoms with E-state index in [0.29, 0.717) is 0 Å². The Morgan fingerprint density at radius 2 is 1.76 bits per heavy atom. The predicted octanol–water partition coefficient (Wildman–Crippen LogP) is 3.51. The van der Waals surface area contributed by atoms with Gasteiger partial charge < -0.3 is 14.6 Å². The monoisotopic (exact) mass is 334 g/mol. The number of rotatable bonds is 4. The normalized spacial score (nSPS) is 12.7. The first-order valence-corrected chi connectivity index (χ1v) is 6.81. The van der Waals surface area contributed by atoms with Crippen LogP contribution in [-0.2, 0) is 14.3 Å². The Balaban J connectivity index is 3.30. The summed E-state index contributed by atoms with van der Waals surface area (Å²) < 4.78 is 10.1. The van der Waals surface area contributed by atoms with Gasteiger partial charge in [0, 0.05) is 5.02 Å². The molecule has 0 bridgehead atoms. The molecule has 0 amide bonds. The third-order valence-corrected chi connectivity index (χ3v) is 3.09. The highest BCUT2D eigenvalue weighted by molar-refractivity contribution is 6.36. The number of esters is 1. The van der Waals surface area contributed by atoms with E-state index in [4.69, 9.17) is 32.7 Å². The smallest absolute Gasteiger partial charge is 0.325 e. The Bertz CT molecular complexity index is 563. The van der Waals surface area contributed by atoms with Crippen LogP contribution in [0.3, 0.4) is 0 Å². The maximum Gasteiger partial charge on any atom is 0.325 e. The van der Waals surface area contributed by atoms with Crippen LogP contribution < -0.4 is 4.74 Å². The molecule has 0 saturated heterocycles. The largest absolute Gasteiger partial charge is 0.495 e. The highest BCUT2D eigenvalue weighted by atomic mass is 35.5. The summed E-state index contributed by atoms with van der Waals surface area (Å²) in [5.74, 6) is -3.59. The van der Waals surface area contributed by atoms with Gasteiger partial charge in [-0.2, -0.15) is 0 Å². The molecule has 5 nitrogen and oxygen atoms in total. The summed E-state index contributed by atoms with van der Waals surface area (Å²) in [5.41, 5.74) is -0.743. The number of hydrogen-bond donors (Lipinski definition) is 1. The molecule has 1 unspecified atom stereocenters. The number of carbonyl (C=O) groups excluding carboxylic acids is 1. The molecule has 0 heterocycles. The second kappa shape index (κ2) is 6.54. The Labute approximate surface area is 132 Å². The van der Waals surface area contributed by atoms with Crippen LogP contribution in [0.2, 0.25) is 10.0 Å². The summed E-state index contributed by atoms with van der Waals surface area (Å²) >= 11 is 11.9. The minimum Gasteiger partial charge on any atom is -0.495 e. The van der Waals surface area contributed by atoms with Crippen LogP contribution in [-0.4, -0.2) is 29.8 Å². The van der Waals surface area contributed by atoms with Crippen molar-refractivity contribution in [1.82, 2.24) is 0 Å². The molecule has 0 aromatic heterocycles. The third kappa shape index (κ3) is 4.51. The van der Waals surface area contributed by atoms with Crippen molar-refractivity contribution in [3.05, 3.63) is 27.7 Å². The van der Waals surface area contributed by atoms with Crippen LogP contribution in [0.4, 0.5) is 0 Å². The molecule has 0 aliphatic carbocycles. The van der Waals surface area contributed by atoms with Gasteiger partial charge in [-0.1, -0.05) is 23.2 Å². The molecule has 21 heavy (non-hydrogen) atoms. The average Bonchev–Trinajstić information content (AvgIpc) is 2.29. The Kier molecular flexibility index (Phi) is 5.48. The van der Waals surface area contributed by atoms with Gasteiger partial charge >= 0.3 is 11.9 Å². The van der Waals surface area contributed by atoms with Crippen molar-refractivity contribution in [2.75, 3.05) is 7.11 Å². The van der Waals surface area contributed by atoms with Crippen molar-refractivity contribution in [3.8, 4) is 5.75 Å². The van der Waals surface area contributed by atoms with E-state index < -0.39 is 23.5 Å². The number of carboxylic acids is 1. The van der Waals surface area contributed by atoms with Gasteiger partial charge in [0.1, 0.15) is 11.4 Å². The quantitative estimate of drug-likeness (QED) is 0.673. The first kappa shape index (κ1) is 17.6. The standard InChI is InChI=1S/C14H16Cl2O5/c1-14(2,3)21-13(19)11(12(17)18)7-5-10(20-4)9(16)6-8(7)15/h5-6,11H,1-4H3,(H,17,18). The summed E-state index contributed by atoms with van der Waals surface area (Å²) in [6.07, 6.45) is 0. The van der Waals surface area contributed by atoms with Gasteiger partial charge in [0.25, 0.3) is 0 Å². The molecule has 0 fully saturated rings. The zero-order valence-electron chi connectivity index (χ0n) is 12.1. The minimum absolute atomic E-state index is 0.0547. The number of hydrogen-bond acceptors (Lipinski definition) is 4. The maximum atomic E-state index is 12.1. The fourth-order valence-electron chi connectivity index (χ4n) is 1.64. The highest BCUT2D eigenvalue weighted by Crippen LogP contribution is 2.35. The lowest BCUT2D eigenvalue weighted by molar-refractivity contribution is -0.162. The molecule has 1 aromatic carbocycles. The number of benzene rings is 1. The topological polar surface area (TPSA) is 72.8 Å².